The minimum Gasteiger partial charge on any atom is -0.497 e. The largest absolute Gasteiger partial charge is 0.497 e. The average molecular weight is 374 g/mol. The summed E-state index contributed by atoms with van der Waals surface area (Å²) in [7, 11) is 1.46. The van der Waals surface area contributed by atoms with Crippen LogP contribution in [0.5, 0.6) is 5.75 Å². The lowest BCUT2D eigenvalue weighted by Gasteiger charge is -2.39. The van der Waals surface area contributed by atoms with Crippen molar-refractivity contribution in [1.82, 2.24) is 10.2 Å². The van der Waals surface area contributed by atoms with Gasteiger partial charge in [0.05, 0.1) is 12.7 Å². The number of benzene rings is 1. The first-order valence-electron chi connectivity index (χ1n) is 10.0. The van der Waals surface area contributed by atoms with Gasteiger partial charge in [-0.3, -0.25) is 4.79 Å². The summed E-state index contributed by atoms with van der Waals surface area (Å²) >= 11 is 0. The number of hydrogen-bond acceptors (Lipinski definition) is 4. The number of carbonyl (C=O) groups is 2. The number of ether oxygens (including phenoxy) is 1. The van der Waals surface area contributed by atoms with E-state index in [9.17, 15) is 14.7 Å². The Morgan fingerprint density at radius 2 is 1.74 bits per heavy atom. The summed E-state index contributed by atoms with van der Waals surface area (Å²) in [6, 6.07) is 5.15. The molecule has 0 spiro atoms. The molecule has 1 saturated carbocycles. The number of carboxylic acids is 1. The van der Waals surface area contributed by atoms with Gasteiger partial charge in [0.1, 0.15) is 5.75 Å². The van der Waals surface area contributed by atoms with E-state index in [4.69, 9.17) is 4.74 Å². The normalized spacial score (nSPS) is 19.6. The molecule has 0 bridgehead atoms. The van der Waals surface area contributed by atoms with Crippen LogP contribution < -0.4 is 10.1 Å². The van der Waals surface area contributed by atoms with E-state index in [-0.39, 0.29) is 11.5 Å². The predicted molar refractivity (Wildman–Crippen MR) is 103 cm³/mol. The Morgan fingerprint density at radius 3 is 2.37 bits per heavy atom. The lowest BCUT2D eigenvalue weighted by atomic mass is 9.90. The number of carboxylic acid groups (broad SMARTS) is 1. The van der Waals surface area contributed by atoms with Gasteiger partial charge in [-0.05, 0) is 62.9 Å². The Balaban J connectivity index is 1.50. The van der Waals surface area contributed by atoms with E-state index in [1.807, 2.05) is 0 Å². The first-order valence-corrected chi connectivity index (χ1v) is 10.0. The van der Waals surface area contributed by atoms with Crippen LogP contribution in [0.3, 0.4) is 0 Å². The Hall–Kier alpha value is -2.08. The summed E-state index contributed by atoms with van der Waals surface area (Å²) in [6.07, 6.45) is 8.99. The van der Waals surface area contributed by atoms with Gasteiger partial charge in [-0.2, -0.15) is 0 Å². The molecule has 0 unspecified atom stereocenters. The lowest BCUT2D eigenvalue weighted by Crippen LogP contribution is -2.44. The second kappa shape index (κ2) is 9.22. The summed E-state index contributed by atoms with van der Waals surface area (Å²) in [5, 5.41) is 12.2. The van der Waals surface area contributed by atoms with Gasteiger partial charge in [0.2, 0.25) is 0 Å². The molecule has 1 aromatic carbocycles. The van der Waals surface area contributed by atoms with Crippen molar-refractivity contribution in [2.45, 2.75) is 51.0 Å². The number of aromatic carboxylic acids is 1. The smallest absolute Gasteiger partial charge is 0.335 e. The predicted octanol–water partition coefficient (Wildman–Crippen LogP) is 3.17. The molecule has 3 rings (SSSR count). The molecule has 0 atom stereocenters. The molecule has 2 N–H and O–H groups in total. The van der Waals surface area contributed by atoms with Gasteiger partial charge < -0.3 is 20.1 Å². The monoisotopic (exact) mass is 374 g/mol. The van der Waals surface area contributed by atoms with Crippen LogP contribution in [-0.4, -0.2) is 54.7 Å². The van der Waals surface area contributed by atoms with Gasteiger partial charge in [-0.1, -0.05) is 19.3 Å². The van der Waals surface area contributed by atoms with Crippen molar-refractivity contribution < 1.29 is 19.4 Å². The van der Waals surface area contributed by atoms with Crippen molar-refractivity contribution in [2.24, 2.45) is 5.92 Å². The highest BCUT2D eigenvalue weighted by Gasteiger charge is 2.26. The van der Waals surface area contributed by atoms with Crippen LogP contribution in [0.4, 0.5) is 0 Å². The van der Waals surface area contributed by atoms with Gasteiger partial charge in [-0.25, -0.2) is 4.79 Å². The number of rotatable bonds is 6. The molecule has 1 aliphatic carbocycles. The number of nitrogens with one attached hydrogen (secondary N) is 1. The van der Waals surface area contributed by atoms with Gasteiger partial charge in [-0.15, -0.1) is 0 Å². The van der Waals surface area contributed by atoms with Crippen LogP contribution in [0.2, 0.25) is 0 Å². The number of hydrogen-bond donors (Lipinski definition) is 2. The van der Waals surface area contributed by atoms with E-state index in [0.717, 1.165) is 32.0 Å². The van der Waals surface area contributed by atoms with Gasteiger partial charge in [0.15, 0.2) is 0 Å². The number of nitrogens with zero attached hydrogens (tertiary/aromatic N) is 1. The Bertz CT molecular complexity index is 662. The second-order valence-electron chi connectivity index (χ2n) is 7.74. The topological polar surface area (TPSA) is 78.9 Å². The standard InChI is InChI=1S/C21H30N2O4/c1-27-19-12-16(11-17(13-19)21(25)26)20(24)22-14-15-7-9-23(10-8-15)18-5-3-2-4-6-18/h11-13,15,18H,2-10,14H2,1H3,(H,22,24)(H,25,26). The van der Waals surface area contributed by atoms with E-state index in [1.165, 1.54) is 51.3 Å². The molecular formula is C21H30N2O4. The number of amides is 1. The van der Waals surface area contributed by atoms with Gasteiger partial charge >= 0.3 is 5.97 Å². The third-order valence-corrected chi connectivity index (χ3v) is 5.94. The van der Waals surface area contributed by atoms with E-state index in [1.54, 1.807) is 6.07 Å². The van der Waals surface area contributed by atoms with Crippen LogP contribution in [0.25, 0.3) is 0 Å². The van der Waals surface area contributed by atoms with Crippen molar-refractivity contribution >= 4 is 11.9 Å². The lowest BCUT2D eigenvalue weighted by molar-refractivity contribution is 0.0696. The summed E-state index contributed by atoms with van der Waals surface area (Å²) in [6.45, 7) is 2.87. The Kier molecular flexibility index (Phi) is 6.72. The molecule has 0 aromatic heterocycles. The minimum absolute atomic E-state index is 0.0558. The SMILES string of the molecule is COc1cc(C(=O)O)cc(C(=O)NCC2CCN(C3CCCCC3)CC2)c1. The average Bonchev–Trinajstić information content (AvgIpc) is 2.72. The molecule has 0 radical (unpaired) electrons. The summed E-state index contributed by atoms with van der Waals surface area (Å²) in [4.78, 5) is 26.3. The summed E-state index contributed by atoms with van der Waals surface area (Å²) in [5.74, 6) is -0.455. The van der Waals surface area contributed by atoms with Crippen LogP contribution >= 0.6 is 0 Å². The number of likely N-dealkylation sites (tertiary alicyclic amines) is 1. The molecule has 1 heterocycles. The molecule has 1 aliphatic heterocycles. The Morgan fingerprint density at radius 1 is 1.07 bits per heavy atom. The highest BCUT2D eigenvalue weighted by molar-refractivity contribution is 5.98. The number of carbonyl (C=O) groups excluding carboxylic acids is 1. The van der Waals surface area contributed by atoms with Crippen LogP contribution in [-0.2, 0) is 0 Å². The zero-order chi connectivity index (χ0) is 19.2. The number of methoxy groups -OCH3 is 1. The first kappa shape index (κ1) is 19.7. The highest BCUT2D eigenvalue weighted by atomic mass is 16.5. The van der Waals surface area contributed by atoms with Crippen molar-refractivity contribution in [3.05, 3.63) is 29.3 Å². The summed E-state index contributed by atoms with van der Waals surface area (Å²) in [5.41, 5.74) is 0.381. The molecule has 2 aliphatic rings. The highest BCUT2D eigenvalue weighted by Crippen LogP contribution is 2.27. The molecule has 6 heteroatoms. The number of piperidine rings is 1. The maximum Gasteiger partial charge on any atom is 0.335 e. The quantitative estimate of drug-likeness (QED) is 0.800. The van der Waals surface area contributed by atoms with E-state index < -0.39 is 5.97 Å². The van der Waals surface area contributed by atoms with Crippen LogP contribution in [0.15, 0.2) is 18.2 Å². The molecule has 148 valence electrons. The first-order chi connectivity index (χ1) is 13.1. The molecule has 1 aromatic rings. The fraction of sp³-hybridized carbons (Fsp3) is 0.619. The molecule has 1 amide bonds. The molecule has 1 saturated heterocycles. The third-order valence-electron chi connectivity index (χ3n) is 5.94. The zero-order valence-electron chi connectivity index (χ0n) is 16.1. The molecular weight excluding hydrogens is 344 g/mol. The van der Waals surface area contributed by atoms with Crippen molar-refractivity contribution in [3.63, 3.8) is 0 Å². The minimum atomic E-state index is -1.07. The molecule has 2 fully saturated rings. The van der Waals surface area contributed by atoms with Crippen LogP contribution in [0.1, 0.15) is 65.7 Å². The fourth-order valence-electron chi connectivity index (χ4n) is 4.28. The zero-order valence-corrected chi connectivity index (χ0v) is 16.1. The maximum absolute atomic E-state index is 12.5. The van der Waals surface area contributed by atoms with Gasteiger partial charge in [0, 0.05) is 18.2 Å². The van der Waals surface area contributed by atoms with Crippen molar-refractivity contribution in [1.29, 1.82) is 0 Å². The molecule has 27 heavy (non-hydrogen) atoms. The van der Waals surface area contributed by atoms with E-state index in [2.05, 4.69) is 10.2 Å². The van der Waals surface area contributed by atoms with E-state index in [0.29, 0.717) is 23.8 Å². The van der Waals surface area contributed by atoms with Gasteiger partial charge in [0.25, 0.3) is 5.91 Å². The summed E-state index contributed by atoms with van der Waals surface area (Å²) < 4.78 is 5.11. The molecule has 6 nitrogen and oxygen atoms in total. The van der Waals surface area contributed by atoms with Crippen molar-refractivity contribution in [2.75, 3.05) is 26.7 Å². The second-order valence-corrected chi connectivity index (χ2v) is 7.74. The van der Waals surface area contributed by atoms with E-state index >= 15 is 0 Å². The van der Waals surface area contributed by atoms with Crippen LogP contribution in [0, 0.1) is 5.92 Å². The Labute approximate surface area is 160 Å². The third kappa shape index (κ3) is 5.22. The van der Waals surface area contributed by atoms with Crippen molar-refractivity contribution in [3.8, 4) is 5.75 Å². The fourth-order valence-corrected chi connectivity index (χ4v) is 4.28. The maximum atomic E-state index is 12.5.